The number of methoxy groups -OCH3 is 1. The van der Waals surface area contributed by atoms with Crippen molar-refractivity contribution in [1.82, 2.24) is 0 Å². The lowest BCUT2D eigenvalue weighted by Crippen LogP contribution is -2.06. The van der Waals surface area contributed by atoms with E-state index in [4.69, 9.17) is 9.47 Å². The second kappa shape index (κ2) is 7.63. The summed E-state index contributed by atoms with van der Waals surface area (Å²) in [5.74, 6) is 1.33. The maximum Gasteiger partial charge on any atom is 0.185 e. The van der Waals surface area contributed by atoms with Crippen LogP contribution in [0.15, 0.2) is 48.5 Å². The van der Waals surface area contributed by atoms with Crippen LogP contribution in [0.5, 0.6) is 11.5 Å². The maximum absolute atomic E-state index is 12.2. The fraction of sp³-hybridized carbons (Fsp3) is 0.250. The first-order chi connectivity index (χ1) is 11.0. The van der Waals surface area contributed by atoms with Gasteiger partial charge in [-0.3, -0.25) is 4.79 Å². The van der Waals surface area contributed by atoms with Crippen molar-refractivity contribution in [2.45, 2.75) is 26.9 Å². The summed E-state index contributed by atoms with van der Waals surface area (Å²) in [6.45, 7) is 5.93. The first-order valence-corrected chi connectivity index (χ1v) is 7.63. The molecule has 2 rings (SSSR count). The Morgan fingerprint density at radius 3 is 2.35 bits per heavy atom. The Kier molecular flexibility index (Phi) is 5.58. The largest absolute Gasteiger partial charge is 0.493 e. The molecule has 0 saturated heterocycles. The van der Waals surface area contributed by atoms with E-state index in [-0.39, 0.29) is 11.9 Å². The van der Waals surface area contributed by atoms with Crippen molar-refractivity contribution in [2.24, 2.45) is 0 Å². The van der Waals surface area contributed by atoms with Crippen molar-refractivity contribution in [2.75, 3.05) is 7.11 Å². The lowest BCUT2D eigenvalue weighted by atomic mass is 10.1. The van der Waals surface area contributed by atoms with Crippen LogP contribution in [0.1, 0.15) is 35.3 Å². The van der Waals surface area contributed by atoms with Crippen molar-refractivity contribution < 1.29 is 14.3 Å². The Morgan fingerprint density at radius 1 is 1.04 bits per heavy atom. The highest BCUT2D eigenvalue weighted by Gasteiger charge is 2.07. The van der Waals surface area contributed by atoms with Gasteiger partial charge in [0.2, 0.25) is 0 Å². The van der Waals surface area contributed by atoms with Crippen LogP contribution in [0.2, 0.25) is 0 Å². The molecule has 3 heteroatoms. The lowest BCUT2D eigenvalue weighted by molar-refractivity contribution is 0.104. The van der Waals surface area contributed by atoms with Gasteiger partial charge in [0.05, 0.1) is 13.2 Å². The highest BCUT2D eigenvalue weighted by atomic mass is 16.5. The van der Waals surface area contributed by atoms with Gasteiger partial charge < -0.3 is 9.47 Å². The average Bonchev–Trinajstić information content (AvgIpc) is 2.53. The number of hydrogen-bond donors (Lipinski definition) is 0. The number of carbonyl (C=O) groups excluding carboxylic acids is 1. The number of benzene rings is 2. The van der Waals surface area contributed by atoms with E-state index in [0.29, 0.717) is 17.1 Å². The predicted molar refractivity (Wildman–Crippen MR) is 93.3 cm³/mol. The molecule has 0 aliphatic heterocycles. The van der Waals surface area contributed by atoms with Gasteiger partial charge >= 0.3 is 0 Å². The number of hydrogen-bond acceptors (Lipinski definition) is 3. The SMILES string of the molecule is COc1cc(/C=C/C(=O)c2ccc(C)cc2)ccc1OC(C)C. The van der Waals surface area contributed by atoms with Gasteiger partial charge in [0.15, 0.2) is 17.3 Å². The molecule has 0 aromatic heterocycles. The molecule has 0 unspecified atom stereocenters. The van der Waals surface area contributed by atoms with E-state index in [1.165, 1.54) is 0 Å². The first kappa shape index (κ1) is 16.8. The fourth-order valence-corrected chi connectivity index (χ4v) is 2.13. The van der Waals surface area contributed by atoms with Crippen molar-refractivity contribution in [3.05, 3.63) is 65.2 Å². The summed E-state index contributed by atoms with van der Waals surface area (Å²) >= 11 is 0. The molecule has 0 N–H and O–H groups in total. The van der Waals surface area contributed by atoms with E-state index in [0.717, 1.165) is 11.1 Å². The van der Waals surface area contributed by atoms with E-state index < -0.39 is 0 Å². The zero-order valence-corrected chi connectivity index (χ0v) is 14.0. The number of aryl methyl sites for hydroxylation is 1. The van der Waals surface area contributed by atoms with Crippen LogP contribution in [0.3, 0.4) is 0 Å². The van der Waals surface area contributed by atoms with Crippen LogP contribution < -0.4 is 9.47 Å². The summed E-state index contributed by atoms with van der Waals surface area (Å²) in [7, 11) is 1.60. The Labute approximate surface area is 137 Å². The Bertz CT molecular complexity index is 697. The molecular weight excluding hydrogens is 288 g/mol. The molecule has 2 aromatic carbocycles. The van der Waals surface area contributed by atoms with Crippen LogP contribution in [-0.2, 0) is 0 Å². The molecule has 0 fully saturated rings. The van der Waals surface area contributed by atoms with E-state index in [2.05, 4.69) is 0 Å². The Balaban J connectivity index is 2.15. The van der Waals surface area contributed by atoms with Crippen molar-refractivity contribution in [3.8, 4) is 11.5 Å². The Hall–Kier alpha value is -2.55. The van der Waals surface area contributed by atoms with E-state index in [1.807, 2.05) is 63.2 Å². The fourth-order valence-electron chi connectivity index (χ4n) is 2.13. The third-order valence-electron chi connectivity index (χ3n) is 3.31. The zero-order valence-electron chi connectivity index (χ0n) is 14.0. The lowest BCUT2D eigenvalue weighted by Gasteiger charge is -2.13. The first-order valence-electron chi connectivity index (χ1n) is 7.63. The summed E-state index contributed by atoms with van der Waals surface area (Å²) in [5.41, 5.74) is 2.70. The second-order valence-corrected chi connectivity index (χ2v) is 5.64. The smallest absolute Gasteiger partial charge is 0.185 e. The number of ether oxygens (including phenoxy) is 2. The van der Waals surface area contributed by atoms with Crippen LogP contribution >= 0.6 is 0 Å². The predicted octanol–water partition coefficient (Wildman–Crippen LogP) is 4.69. The molecule has 2 aromatic rings. The minimum absolute atomic E-state index is 0.0218. The van der Waals surface area contributed by atoms with Gasteiger partial charge in [-0.2, -0.15) is 0 Å². The molecule has 23 heavy (non-hydrogen) atoms. The van der Waals surface area contributed by atoms with E-state index >= 15 is 0 Å². The van der Waals surface area contributed by atoms with Crippen LogP contribution in [0, 0.1) is 6.92 Å². The minimum Gasteiger partial charge on any atom is -0.493 e. The molecule has 0 spiro atoms. The number of rotatable bonds is 6. The number of ketones is 1. The van der Waals surface area contributed by atoms with E-state index in [9.17, 15) is 4.79 Å². The summed E-state index contributed by atoms with van der Waals surface area (Å²) in [5, 5.41) is 0. The van der Waals surface area contributed by atoms with Gasteiger partial charge in [-0.1, -0.05) is 42.0 Å². The quantitative estimate of drug-likeness (QED) is 0.573. The van der Waals surface area contributed by atoms with Gasteiger partial charge in [0.1, 0.15) is 0 Å². The summed E-state index contributed by atoms with van der Waals surface area (Å²) in [6.07, 6.45) is 3.43. The topological polar surface area (TPSA) is 35.5 Å². The van der Waals surface area contributed by atoms with Gasteiger partial charge in [-0.15, -0.1) is 0 Å². The standard InChI is InChI=1S/C20H22O3/c1-14(2)23-19-12-8-16(13-20(19)22-4)7-11-18(21)17-9-5-15(3)6-10-17/h5-14H,1-4H3/b11-7+. The van der Waals surface area contributed by atoms with Crippen LogP contribution in [0.25, 0.3) is 6.08 Å². The molecule has 0 radical (unpaired) electrons. The molecular formula is C20H22O3. The summed E-state index contributed by atoms with van der Waals surface area (Å²) < 4.78 is 11.0. The monoisotopic (exact) mass is 310 g/mol. The van der Waals surface area contributed by atoms with Gasteiger partial charge in [0, 0.05) is 5.56 Å². The maximum atomic E-state index is 12.2. The molecule has 0 aliphatic carbocycles. The third-order valence-corrected chi connectivity index (χ3v) is 3.31. The Morgan fingerprint density at radius 2 is 1.74 bits per heavy atom. The van der Waals surface area contributed by atoms with Crippen LogP contribution in [0.4, 0.5) is 0 Å². The normalized spacial score (nSPS) is 11.0. The summed E-state index contributed by atoms with van der Waals surface area (Å²) in [4.78, 5) is 12.2. The molecule has 3 nitrogen and oxygen atoms in total. The highest BCUT2D eigenvalue weighted by molar-refractivity contribution is 6.06. The highest BCUT2D eigenvalue weighted by Crippen LogP contribution is 2.29. The molecule has 0 heterocycles. The molecule has 0 aliphatic rings. The van der Waals surface area contributed by atoms with Crippen molar-refractivity contribution in [3.63, 3.8) is 0 Å². The van der Waals surface area contributed by atoms with Gasteiger partial charge in [-0.05, 0) is 44.5 Å². The van der Waals surface area contributed by atoms with Crippen LogP contribution in [-0.4, -0.2) is 19.0 Å². The molecule has 0 saturated carbocycles. The molecule has 0 bridgehead atoms. The number of allylic oxidation sites excluding steroid dienone is 1. The summed E-state index contributed by atoms with van der Waals surface area (Å²) in [6, 6.07) is 13.2. The zero-order chi connectivity index (χ0) is 16.8. The van der Waals surface area contributed by atoms with Gasteiger partial charge in [-0.25, -0.2) is 0 Å². The third kappa shape index (κ3) is 4.71. The van der Waals surface area contributed by atoms with Crippen molar-refractivity contribution >= 4 is 11.9 Å². The second-order valence-electron chi connectivity index (χ2n) is 5.64. The van der Waals surface area contributed by atoms with Crippen molar-refractivity contribution in [1.29, 1.82) is 0 Å². The average molecular weight is 310 g/mol. The van der Waals surface area contributed by atoms with Gasteiger partial charge in [0.25, 0.3) is 0 Å². The van der Waals surface area contributed by atoms with E-state index in [1.54, 1.807) is 19.3 Å². The molecule has 0 amide bonds. The number of carbonyl (C=O) groups is 1. The molecule has 0 atom stereocenters. The minimum atomic E-state index is -0.0218. The molecule has 120 valence electrons.